The van der Waals surface area contributed by atoms with E-state index in [-0.39, 0.29) is 12.0 Å². The van der Waals surface area contributed by atoms with Crippen LogP contribution in [0.25, 0.3) is 0 Å². The first-order valence-corrected chi connectivity index (χ1v) is 5.57. The quantitative estimate of drug-likeness (QED) is 0.820. The van der Waals surface area contributed by atoms with Gasteiger partial charge in [0.1, 0.15) is 5.75 Å². The monoisotopic (exact) mass is 206 g/mol. The summed E-state index contributed by atoms with van der Waals surface area (Å²) in [5, 5.41) is 9.15. The van der Waals surface area contributed by atoms with E-state index in [4.69, 9.17) is 9.84 Å². The molecule has 15 heavy (non-hydrogen) atoms. The third-order valence-corrected chi connectivity index (χ3v) is 3.58. The van der Waals surface area contributed by atoms with Crippen molar-refractivity contribution in [1.82, 2.24) is 0 Å². The molecule has 0 bridgehead atoms. The average Bonchev–Trinajstić information content (AvgIpc) is 2.23. The zero-order valence-electron chi connectivity index (χ0n) is 9.20. The molecule has 0 saturated heterocycles. The van der Waals surface area contributed by atoms with Gasteiger partial charge in [0.25, 0.3) is 0 Å². The summed E-state index contributed by atoms with van der Waals surface area (Å²) in [6.07, 6.45) is 4.47. The third kappa shape index (κ3) is 1.74. The molecule has 1 aliphatic rings. The van der Waals surface area contributed by atoms with Gasteiger partial charge in [0.15, 0.2) is 0 Å². The van der Waals surface area contributed by atoms with Crippen molar-refractivity contribution in [3.8, 4) is 5.75 Å². The van der Waals surface area contributed by atoms with Crippen LogP contribution in [0, 0.1) is 0 Å². The zero-order valence-corrected chi connectivity index (χ0v) is 9.20. The van der Waals surface area contributed by atoms with Gasteiger partial charge in [-0.25, -0.2) is 0 Å². The fraction of sp³-hybridized carbons (Fsp3) is 0.538. The van der Waals surface area contributed by atoms with Gasteiger partial charge in [0.2, 0.25) is 0 Å². The Hall–Kier alpha value is -1.02. The number of rotatable bonds is 4. The first-order valence-electron chi connectivity index (χ1n) is 5.57. The second-order valence-electron chi connectivity index (χ2n) is 4.31. The Morgan fingerprint density at radius 1 is 1.33 bits per heavy atom. The molecule has 0 aliphatic heterocycles. The second-order valence-corrected chi connectivity index (χ2v) is 4.31. The smallest absolute Gasteiger partial charge is 0.122 e. The second kappa shape index (κ2) is 4.23. The van der Waals surface area contributed by atoms with E-state index in [2.05, 4.69) is 12.1 Å². The van der Waals surface area contributed by atoms with Gasteiger partial charge in [-0.05, 0) is 25.3 Å². The number of hydrogen-bond acceptors (Lipinski definition) is 2. The molecule has 2 nitrogen and oxygen atoms in total. The van der Waals surface area contributed by atoms with E-state index in [9.17, 15) is 0 Å². The van der Waals surface area contributed by atoms with E-state index < -0.39 is 0 Å². The van der Waals surface area contributed by atoms with Crippen molar-refractivity contribution in [2.75, 3.05) is 13.7 Å². The number of hydrogen-bond donors (Lipinski definition) is 1. The summed E-state index contributed by atoms with van der Waals surface area (Å²) in [5.74, 6) is 0.964. The average molecular weight is 206 g/mol. The molecule has 2 heteroatoms. The fourth-order valence-electron chi connectivity index (χ4n) is 2.55. The highest BCUT2D eigenvalue weighted by atomic mass is 16.5. The third-order valence-electron chi connectivity index (χ3n) is 3.58. The Bertz CT molecular complexity index is 329. The normalized spacial score (nSPS) is 18.3. The lowest BCUT2D eigenvalue weighted by Gasteiger charge is -2.42. The molecule has 0 aromatic heterocycles. The molecule has 0 radical (unpaired) electrons. The first kappa shape index (κ1) is 10.5. The van der Waals surface area contributed by atoms with Crippen LogP contribution in [0.15, 0.2) is 24.3 Å². The Balaban J connectivity index is 2.33. The number of aliphatic hydroxyl groups excluding tert-OH is 1. The number of aliphatic hydroxyl groups is 1. The van der Waals surface area contributed by atoms with E-state index in [1.807, 2.05) is 12.1 Å². The van der Waals surface area contributed by atoms with Crippen LogP contribution in [0.3, 0.4) is 0 Å². The van der Waals surface area contributed by atoms with Gasteiger partial charge in [-0.2, -0.15) is 0 Å². The highest BCUT2D eigenvalue weighted by molar-refractivity contribution is 5.41. The van der Waals surface area contributed by atoms with Crippen LogP contribution in [0.4, 0.5) is 0 Å². The lowest BCUT2D eigenvalue weighted by molar-refractivity contribution is 0.163. The van der Waals surface area contributed by atoms with Gasteiger partial charge in [-0.1, -0.05) is 24.6 Å². The Morgan fingerprint density at radius 2 is 2.07 bits per heavy atom. The number of para-hydroxylation sites is 1. The van der Waals surface area contributed by atoms with Gasteiger partial charge in [0, 0.05) is 17.6 Å². The summed E-state index contributed by atoms with van der Waals surface area (Å²) in [6, 6.07) is 8.18. The van der Waals surface area contributed by atoms with Crippen molar-refractivity contribution < 1.29 is 9.84 Å². The molecule has 82 valence electrons. The predicted molar refractivity (Wildman–Crippen MR) is 60.2 cm³/mol. The van der Waals surface area contributed by atoms with E-state index >= 15 is 0 Å². The summed E-state index contributed by atoms with van der Waals surface area (Å²) >= 11 is 0. The molecule has 0 spiro atoms. The maximum absolute atomic E-state index is 9.15. The Morgan fingerprint density at radius 3 is 2.60 bits per heavy atom. The first-order chi connectivity index (χ1) is 7.32. The highest BCUT2D eigenvalue weighted by Gasteiger charge is 2.39. The molecule has 0 unspecified atom stereocenters. The number of ether oxygens (including phenoxy) is 1. The molecule has 0 atom stereocenters. The summed E-state index contributed by atoms with van der Waals surface area (Å²) in [5.41, 5.74) is 1.45. The zero-order chi connectivity index (χ0) is 10.7. The molecule has 1 aromatic rings. The Labute approximate surface area is 90.9 Å². The molecule has 0 heterocycles. The summed E-state index contributed by atoms with van der Waals surface area (Å²) in [4.78, 5) is 0. The molecule has 0 amide bonds. The fourth-order valence-corrected chi connectivity index (χ4v) is 2.55. The summed E-state index contributed by atoms with van der Waals surface area (Å²) in [7, 11) is 1.71. The van der Waals surface area contributed by atoms with Gasteiger partial charge < -0.3 is 9.84 Å². The van der Waals surface area contributed by atoms with Crippen LogP contribution in [0.1, 0.15) is 31.2 Å². The maximum Gasteiger partial charge on any atom is 0.122 e. The van der Waals surface area contributed by atoms with E-state index in [0.717, 1.165) is 12.2 Å². The van der Waals surface area contributed by atoms with Crippen LogP contribution in [-0.2, 0) is 5.41 Å². The molecular formula is C13H18O2. The van der Waals surface area contributed by atoms with Crippen molar-refractivity contribution >= 4 is 0 Å². The van der Waals surface area contributed by atoms with Crippen LogP contribution >= 0.6 is 0 Å². The van der Waals surface area contributed by atoms with Crippen molar-refractivity contribution in [3.05, 3.63) is 29.8 Å². The minimum Gasteiger partial charge on any atom is -0.496 e. The van der Waals surface area contributed by atoms with Crippen LogP contribution in [0.2, 0.25) is 0 Å². The number of methoxy groups -OCH3 is 1. The Kier molecular flexibility index (Phi) is 2.96. The van der Waals surface area contributed by atoms with Crippen molar-refractivity contribution in [2.45, 2.75) is 31.1 Å². The van der Waals surface area contributed by atoms with E-state index in [1.54, 1.807) is 7.11 Å². The SMILES string of the molecule is COc1ccccc1C1(CCO)CCC1. The van der Waals surface area contributed by atoms with Gasteiger partial charge in [0.05, 0.1) is 7.11 Å². The molecular weight excluding hydrogens is 188 g/mol. The largest absolute Gasteiger partial charge is 0.496 e. The molecule has 1 N–H and O–H groups in total. The topological polar surface area (TPSA) is 29.5 Å². The molecule has 1 saturated carbocycles. The van der Waals surface area contributed by atoms with Gasteiger partial charge in [-0.3, -0.25) is 0 Å². The molecule has 1 fully saturated rings. The standard InChI is InChI=1S/C13H18O2/c1-15-12-6-3-2-5-11(12)13(9-10-14)7-4-8-13/h2-3,5-6,14H,4,7-10H2,1H3. The van der Waals surface area contributed by atoms with Crippen molar-refractivity contribution in [3.63, 3.8) is 0 Å². The van der Waals surface area contributed by atoms with Crippen LogP contribution < -0.4 is 4.74 Å². The van der Waals surface area contributed by atoms with Crippen LogP contribution in [-0.4, -0.2) is 18.8 Å². The van der Waals surface area contributed by atoms with E-state index in [1.165, 1.54) is 24.8 Å². The molecule has 2 rings (SSSR count). The minimum absolute atomic E-state index is 0.182. The summed E-state index contributed by atoms with van der Waals surface area (Å²) < 4.78 is 5.39. The molecule has 1 aromatic carbocycles. The minimum atomic E-state index is 0.182. The van der Waals surface area contributed by atoms with E-state index in [0.29, 0.717) is 0 Å². The van der Waals surface area contributed by atoms with Gasteiger partial charge in [-0.15, -0.1) is 0 Å². The maximum atomic E-state index is 9.15. The lowest BCUT2D eigenvalue weighted by Crippen LogP contribution is -2.35. The van der Waals surface area contributed by atoms with Crippen molar-refractivity contribution in [1.29, 1.82) is 0 Å². The van der Waals surface area contributed by atoms with Gasteiger partial charge >= 0.3 is 0 Å². The predicted octanol–water partition coefficient (Wildman–Crippen LogP) is 2.50. The molecule has 1 aliphatic carbocycles. The lowest BCUT2D eigenvalue weighted by atomic mass is 9.62. The van der Waals surface area contributed by atoms with Crippen LogP contribution in [0.5, 0.6) is 5.75 Å². The van der Waals surface area contributed by atoms with Crippen molar-refractivity contribution in [2.24, 2.45) is 0 Å². The number of benzene rings is 1. The highest BCUT2D eigenvalue weighted by Crippen LogP contribution is 2.49. The summed E-state index contributed by atoms with van der Waals surface area (Å²) in [6.45, 7) is 0.262.